The van der Waals surface area contributed by atoms with Gasteiger partial charge in [-0.25, -0.2) is 4.79 Å². The Morgan fingerprint density at radius 2 is 1.76 bits per heavy atom. The van der Waals surface area contributed by atoms with Crippen LogP contribution in [0.1, 0.15) is 59.8 Å². The summed E-state index contributed by atoms with van der Waals surface area (Å²) in [6, 6.07) is -0.603. The summed E-state index contributed by atoms with van der Waals surface area (Å²) < 4.78 is 10.1. The van der Waals surface area contributed by atoms with E-state index < -0.39 is 36.6 Å². The maximum Gasteiger partial charge on any atom is 0.326 e. The summed E-state index contributed by atoms with van der Waals surface area (Å²) in [7, 11) is 0. The predicted octanol–water partition coefficient (Wildman–Crippen LogP) is 1.47. The fraction of sp³-hybridized carbons (Fsp3) is 0.783. The Morgan fingerprint density at radius 3 is 2.36 bits per heavy atom. The highest BCUT2D eigenvalue weighted by Gasteiger charge is 2.56. The molecule has 2 atom stereocenters. The highest BCUT2D eigenvalue weighted by Crippen LogP contribution is 2.46. The van der Waals surface area contributed by atoms with Gasteiger partial charge in [0.1, 0.15) is 12.1 Å². The smallest absolute Gasteiger partial charge is 0.326 e. The average Bonchev–Trinajstić information content (AvgIpc) is 2.94. The largest absolute Gasteiger partial charge is 0.466 e. The number of esters is 2. The SMILES string of the molecule is CCOC(=O)C1CCN(C(=O)COC(=O)CN2C(=O)N[C@]3(C[C@@H](C)CC(C)(C)C3)C2=O)CC1. The zero-order valence-electron chi connectivity index (χ0n) is 20.0. The lowest BCUT2D eigenvalue weighted by Gasteiger charge is -2.43. The van der Waals surface area contributed by atoms with Crippen LogP contribution in [0.3, 0.4) is 0 Å². The molecule has 10 nitrogen and oxygen atoms in total. The van der Waals surface area contributed by atoms with Crippen LogP contribution in [-0.2, 0) is 28.7 Å². The van der Waals surface area contributed by atoms with Crippen LogP contribution in [0.5, 0.6) is 0 Å². The third-order valence-electron chi connectivity index (χ3n) is 6.74. The van der Waals surface area contributed by atoms with Gasteiger partial charge in [-0.2, -0.15) is 0 Å². The number of likely N-dealkylation sites (tertiary alicyclic amines) is 1. The van der Waals surface area contributed by atoms with Gasteiger partial charge in [0.15, 0.2) is 6.61 Å². The Balaban J connectivity index is 1.48. The Hall–Kier alpha value is -2.65. The van der Waals surface area contributed by atoms with Gasteiger partial charge in [0.25, 0.3) is 11.8 Å². The van der Waals surface area contributed by atoms with Crippen molar-refractivity contribution >= 4 is 29.8 Å². The fourth-order valence-corrected chi connectivity index (χ4v) is 5.68. The van der Waals surface area contributed by atoms with Crippen LogP contribution in [0.2, 0.25) is 0 Å². The lowest BCUT2D eigenvalue weighted by Crippen LogP contribution is -2.54. The molecule has 2 saturated heterocycles. The van der Waals surface area contributed by atoms with E-state index in [4.69, 9.17) is 9.47 Å². The van der Waals surface area contributed by atoms with Crippen molar-refractivity contribution in [2.24, 2.45) is 17.3 Å². The van der Waals surface area contributed by atoms with Crippen molar-refractivity contribution in [2.75, 3.05) is 32.8 Å². The Bertz CT molecular complexity index is 819. The van der Waals surface area contributed by atoms with Crippen molar-refractivity contribution < 1.29 is 33.4 Å². The second-order valence-electron chi connectivity index (χ2n) is 10.3. The number of imide groups is 1. The van der Waals surface area contributed by atoms with E-state index in [1.807, 2.05) is 0 Å². The van der Waals surface area contributed by atoms with E-state index in [0.717, 1.165) is 11.3 Å². The van der Waals surface area contributed by atoms with Gasteiger partial charge in [-0.3, -0.25) is 24.1 Å². The summed E-state index contributed by atoms with van der Waals surface area (Å²) in [5, 5.41) is 2.82. The zero-order chi connectivity index (χ0) is 24.4. The van der Waals surface area contributed by atoms with Crippen LogP contribution in [0.15, 0.2) is 0 Å². The average molecular weight is 466 g/mol. The molecule has 0 aromatic heterocycles. The first kappa shape index (κ1) is 25.0. The first-order valence-electron chi connectivity index (χ1n) is 11.7. The molecule has 2 heterocycles. The van der Waals surface area contributed by atoms with Gasteiger partial charge in [0.05, 0.1) is 12.5 Å². The van der Waals surface area contributed by atoms with Gasteiger partial charge in [0.2, 0.25) is 0 Å². The normalized spacial score (nSPS) is 27.5. The van der Waals surface area contributed by atoms with Crippen molar-refractivity contribution in [3.8, 4) is 0 Å². The summed E-state index contributed by atoms with van der Waals surface area (Å²) in [5.74, 6) is -1.81. The lowest BCUT2D eigenvalue weighted by molar-refractivity contribution is -0.156. The van der Waals surface area contributed by atoms with Crippen LogP contribution in [-0.4, -0.2) is 78.0 Å². The molecule has 0 radical (unpaired) electrons. The minimum absolute atomic E-state index is 0.107. The van der Waals surface area contributed by atoms with Crippen molar-refractivity contribution in [1.82, 2.24) is 15.1 Å². The van der Waals surface area contributed by atoms with Crippen LogP contribution >= 0.6 is 0 Å². The number of nitrogens with one attached hydrogen (secondary N) is 1. The quantitative estimate of drug-likeness (QED) is 0.465. The number of rotatable bonds is 6. The molecule has 0 bridgehead atoms. The molecule has 33 heavy (non-hydrogen) atoms. The maximum atomic E-state index is 13.1. The molecular formula is C23H35N3O7. The molecule has 1 aliphatic carbocycles. The van der Waals surface area contributed by atoms with Crippen LogP contribution in [0.4, 0.5) is 4.79 Å². The molecule has 1 N–H and O–H groups in total. The van der Waals surface area contributed by atoms with E-state index >= 15 is 0 Å². The number of hydrogen-bond donors (Lipinski definition) is 1. The van der Waals surface area contributed by atoms with Crippen molar-refractivity contribution in [3.63, 3.8) is 0 Å². The van der Waals surface area contributed by atoms with Crippen molar-refractivity contribution in [3.05, 3.63) is 0 Å². The molecule has 3 rings (SSSR count). The van der Waals surface area contributed by atoms with Gasteiger partial charge in [-0.1, -0.05) is 20.8 Å². The molecule has 3 fully saturated rings. The molecule has 184 valence electrons. The number of urea groups is 1. The minimum atomic E-state index is -0.988. The third kappa shape index (κ3) is 5.65. The minimum Gasteiger partial charge on any atom is -0.466 e. The van der Waals surface area contributed by atoms with Gasteiger partial charge in [0, 0.05) is 13.1 Å². The molecular weight excluding hydrogens is 430 g/mol. The van der Waals surface area contributed by atoms with Crippen LogP contribution < -0.4 is 5.32 Å². The summed E-state index contributed by atoms with van der Waals surface area (Å²) >= 11 is 0. The van der Waals surface area contributed by atoms with Gasteiger partial charge in [-0.05, 0) is 50.4 Å². The van der Waals surface area contributed by atoms with Crippen molar-refractivity contribution in [2.45, 2.75) is 65.3 Å². The number of hydrogen-bond acceptors (Lipinski definition) is 7. The van der Waals surface area contributed by atoms with Crippen molar-refractivity contribution in [1.29, 1.82) is 0 Å². The topological polar surface area (TPSA) is 122 Å². The number of carbonyl (C=O) groups is 5. The number of carbonyl (C=O) groups excluding carboxylic acids is 5. The Kier molecular flexibility index (Phi) is 7.33. The zero-order valence-corrected chi connectivity index (χ0v) is 20.0. The second kappa shape index (κ2) is 9.69. The molecule has 1 spiro atoms. The van der Waals surface area contributed by atoms with E-state index in [1.54, 1.807) is 6.92 Å². The van der Waals surface area contributed by atoms with Crippen LogP contribution in [0.25, 0.3) is 0 Å². The molecule has 3 aliphatic rings. The van der Waals surface area contributed by atoms with E-state index in [-0.39, 0.29) is 29.1 Å². The number of nitrogens with zero attached hydrogens (tertiary/aromatic N) is 2. The summed E-state index contributed by atoms with van der Waals surface area (Å²) in [6.45, 7) is 8.03. The van der Waals surface area contributed by atoms with E-state index in [2.05, 4.69) is 26.1 Å². The molecule has 10 heteroatoms. The van der Waals surface area contributed by atoms with E-state index in [0.29, 0.717) is 45.4 Å². The summed E-state index contributed by atoms with van der Waals surface area (Å²) in [4.78, 5) is 64.6. The molecule has 0 unspecified atom stereocenters. The molecule has 0 aromatic carbocycles. The molecule has 0 aromatic rings. The third-order valence-corrected chi connectivity index (χ3v) is 6.74. The standard InChI is InChI=1S/C23H35N3O7/c1-5-32-19(29)16-6-8-25(9-7-16)17(27)13-33-18(28)12-26-20(30)23(24-21(26)31)11-15(2)10-22(3,4)14-23/h15-16H,5-14H2,1-4H3,(H,24,31)/t15-,23-/m0/s1. The summed E-state index contributed by atoms with van der Waals surface area (Å²) in [5.41, 5.74) is -1.10. The number of ether oxygens (including phenoxy) is 2. The molecule has 4 amide bonds. The van der Waals surface area contributed by atoms with Gasteiger partial charge < -0.3 is 19.7 Å². The Morgan fingerprint density at radius 1 is 1.09 bits per heavy atom. The van der Waals surface area contributed by atoms with E-state index in [9.17, 15) is 24.0 Å². The number of piperidine rings is 1. The first-order valence-corrected chi connectivity index (χ1v) is 11.7. The second-order valence-corrected chi connectivity index (χ2v) is 10.3. The molecule has 2 aliphatic heterocycles. The first-order chi connectivity index (χ1) is 15.5. The van der Waals surface area contributed by atoms with E-state index in [1.165, 1.54) is 4.90 Å². The predicted molar refractivity (Wildman–Crippen MR) is 117 cm³/mol. The fourth-order valence-electron chi connectivity index (χ4n) is 5.68. The lowest BCUT2D eigenvalue weighted by atomic mass is 9.64. The van der Waals surface area contributed by atoms with Gasteiger partial charge in [-0.15, -0.1) is 0 Å². The van der Waals surface area contributed by atoms with Crippen LogP contribution in [0, 0.1) is 17.3 Å². The summed E-state index contributed by atoms with van der Waals surface area (Å²) in [6.07, 6.45) is 3.00. The highest BCUT2D eigenvalue weighted by atomic mass is 16.5. The number of amides is 4. The molecule has 1 saturated carbocycles. The monoisotopic (exact) mass is 465 g/mol. The van der Waals surface area contributed by atoms with Gasteiger partial charge >= 0.3 is 18.0 Å². The Labute approximate surface area is 194 Å². The maximum absolute atomic E-state index is 13.1. The highest BCUT2D eigenvalue weighted by molar-refractivity contribution is 6.08.